The molecule has 0 saturated carbocycles. The van der Waals surface area contributed by atoms with Crippen LogP contribution in [0.25, 0.3) is 0 Å². The molecule has 2 aliphatic heterocycles. The molecule has 0 saturated heterocycles. The predicted octanol–water partition coefficient (Wildman–Crippen LogP) is 1.02. The second-order valence-corrected chi connectivity index (χ2v) is 6.01. The molecule has 22 heavy (non-hydrogen) atoms. The zero-order valence-corrected chi connectivity index (χ0v) is 12.6. The van der Waals surface area contributed by atoms with Gasteiger partial charge in [-0.05, 0) is 30.5 Å². The average molecular weight is 296 g/mol. The molecule has 0 bridgehead atoms. The van der Waals surface area contributed by atoms with Gasteiger partial charge in [-0.3, -0.25) is 0 Å². The van der Waals surface area contributed by atoms with E-state index < -0.39 is 0 Å². The van der Waals surface area contributed by atoms with Crippen LogP contribution < -0.4 is 15.9 Å². The molecule has 0 radical (unpaired) electrons. The Kier molecular flexibility index (Phi) is 3.42. The lowest BCUT2D eigenvalue weighted by Gasteiger charge is -2.31. The maximum absolute atomic E-state index is 11.9. The molecule has 5 heteroatoms. The van der Waals surface area contributed by atoms with Gasteiger partial charge >= 0.3 is 5.69 Å². The topological polar surface area (TPSA) is 61.0 Å². The zero-order valence-electron chi connectivity index (χ0n) is 12.6. The van der Waals surface area contributed by atoms with Gasteiger partial charge in [0, 0.05) is 37.3 Å². The van der Waals surface area contributed by atoms with Gasteiger partial charge in [-0.25, -0.2) is 4.79 Å². The molecule has 2 aliphatic rings. The first-order valence-electron chi connectivity index (χ1n) is 7.96. The Bertz CT molecular complexity index is 753. The summed E-state index contributed by atoms with van der Waals surface area (Å²) in [6, 6.07) is 8.55. The van der Waals surface area contributed by atoms with Crippen LogP contribution in [0.3, 0.4) is 0 Å². The van der Waals surface area contributed by atoms with Crippen molar-refractivity contribution in [3.05, 3.63) is 57.1 Å². The first kappa shape index (κ1) is 13.5. The Balaban J connectivity index is 1.74. The van der Waals surface area contributed by atoms with Gasteiger partial charge in [0.15, 0.2) is 0 Å². The van der Waals surface area contributed by atoms with Crippen molar-refractivity contribution in [3.8, 4) is 0 Å². The van der Waals surface area contributed by atoms with E-state index in [-0.39, 0.29) is 5.69 Å². The van der Waals surface area contributed by atoms with E-state index in [0.29, 0.717) is 0 Å². The Morgan fingerprint density at radius 3 is 2.77 bits per heavy atom. The van der Waals surface area contributed by atoms with Crippen molar-refractivity contribution in [2.75, 3.05) is 24.5 Å². The lowest BCUT2D eigenvalue weighted by molar-refractivity contribution is 0.700. The summed E-state index contributed by atoms with van der Waals surface area (Å²) >= 11 is 0. The van der Waals surface area contributed by atoms with Crippen LogP contribution in [0.4, 0.5) is 5.82 Å². The van der Waals surface area contributed by atoms with E-state index in [4.69, 9.17) is 0 Å². The first-order valence-corrected chi connectivity index (χ1v) is 7.96. The van der Waals surface area contributed by atoms with Crippen molar-refractivity contribution in [2.24, 2.45) is 0 Å². The van der Waals surface area contributed by atoms with Gasteiger partial charge in [-0.15, -0.1) is 0 Å². The number of rotatable bonds is 1. The van der Waals surface area contributed by atoms with Crippen molar-refractivity contribution in [2.45, 2.75) is 25.8 Å². The summed E-state index contributed by atoms with van der Waals surface area (Å²) in [4.78, 5) is 21.5. The van der Waals surface area contributed by atoms with Crippen molar-refractivity contribution in [1.82, 2.24) is 15.3 Å². The molecule has 3 heterocycles. The molecular formula is C17H20N4O. The van der Waals surface area contributed by atoms with E-state index in [2.05, 4.69) is 44.5 Å². The molecule has 2 N–H and O–H groups in total. The molecule has 5 nitrogen and oxygen atoms in total. The molecule has 1 aromatic carbocycles. The van der Waals surface area contributed by atoms with Crippen LogP contribution in [0.1, 0.15) is 22.4 Å². The second-order valence-electron chi connectivity index (χ2n) is 6.01. The molecule has 0 amide bonds. The quantitative estimate of drug-likeness (QED) is 0.825. The highest BCUT2D eigenvalue weighted by Gasteiger charge is 2.22. The van der Waals surface area contributed by atoms with E-state index in [0.717, 1.165) is 57.0 Å². The number of H-pyrrole nitrogens is 1. The van der Waals surface area contributed by atoms with Crippen LogP contribution in [0.15, 0.2) is 29.1 Å². The smallest absolute Gasteiger partial charge is 0.347 e. The van der Waals surface area contributed by atoms with E-state index in [1.807, 2.05) is 0 Å². The standard InChI is InChI=1S/C17H20N4O/c22-17-19-15-6-9-18-8-5-14(15)16(20-17)21-10-7-12-3-1-2-4-13(12)11-21/h1-4,18H,5-11H2,(H,19,20,22). The minimum atomic E-state index is -0.227. The monoisotopic (exact) mass is 296 g/mol. The molecule has 0 spiro atoms. The molecule has 0 unspecified atom stereocenters. The number of aromatic amines is 1. The van der Waals surface area contributed by atoms with E-state index in [1.54, 1.807) is 0 Å². The van der Waals surface area contributed by atoms with Crippen LogP contribution in [0, 0.1) is 0 Å². The number of nitrogens with zero attached hydrogens (tertiary/aromatic N) is 2. The lowest BCUT2D eigenvalue weighted by atomic mass is 9.99. The van der Waals surface area contributed by atoms with Gasteiger partial charge in [0.25, 0.3) is 0 Å². The van der Waals surface area contributed by atoms with Gasteiger partial charge in [-0.1, -0.05) is 24.3 Å². The number of hydrogen-bond donors (Lipinski definition) is 2. The third-order valence-corrected chi connectivity index (χ3v) is 4.63. The summed E-state index contributed by atoms with van der Waals surface area (Å²) in [7, 11) is 0. The largest absolute Gasteiger partial charge is 0.351 e. The highest BCUT2D eigenvalue weighted by Crippen LogP contribution is 2.27. The highest BCUT2D eigenvalue weighted by molar-refractivity contribution is 5.51. The normalized spacial score (nSPS) is 17.5. The summed E-state index contributed by atoms with van der Waals surface area (Å²) in [5.74, 6) is 0.886. The zero-order chi connectivity index (χ0) is 14.9. The number of benzene rings is 1. The Morgan fingerprint density at radius 2 is 1.86 bits per heavy atom. The minimum Gasteiger partial charge on any atom is -0.351 e. The van der Waals surface area contributed by atoms with Crippen LogP contribution in [-0.4, -0.2) is 29.6 Å². The molecule has 114 valence electrons. The van der Waals surface area contributed by atoms with Crippen molar-refractivity contribution >= 4 is 5.82 Å². The van der Waals surface area contributed by atoms with Gasteiger partial charge in [0.2, 0.25) is 0 Å². The third-order valence-electron chi connectivity index (χ3n) is 4.63. The molecule has 4 rings (SSSR count). The fourth-order valence-electron chi connectivity index (χ4n) is 3.50. The average Bonchev–Trinajstić information content (AvgIpc) is 2.79. The SMILES string of the molecule is O=c1nc(N2CCc3ccccc3C2)c2c([nH]1)CCNCC2. The molecule has 1 aromatic heterocycles. The molecule has 0 atom stereocenters. The summed E-state index contributed by atoms with van der Waals surface area (Å²) in [5.41, 5.74) is 4.80. The van der Waals surface area contributed by atoms with Gasteiger partial charge in [0.05, 0.1) is 0 Å². The van der Waals surface area contributed by atoms with Gasteiger partial charge < -0.3 is 15.2 Å². The highest BCUT2D eigenvalue weighted by atomic mass is 16.1. The fraction of sp³-hybridized carbons (Fsp3) is 0.412. The van der Waals surface area contributed by atoms with Gasteiger partial charge in [0.1, 0.15) is 5.82 Å². The first-order chi connectivity index (χ1) is 10.8. The molecule has 0 fully saturated rings. The fourth-order valence-corrected chi connectivity index (χ4v) is 3.50. The van der Waals surface area contributed by atoms with E-state index in [1.165, 1.54) is 16.7 Å². The summed E-state index contributed by atoms with van der Waals surface area (Å²) < 4.78 is 0. The predicted molar refractivity (Wildman–Crippen MR) is 86.3 cm³/mol. The maximum atomic E-state index is 11.9. The van der Waals surface area contributed by atoms with Crippen LogP contribution in [0.5, 0.6) is 0 Å². The number of nitrogens with one attached hydrogen (secondary N) is 2. The minimum absolute atomic E-state index is 0.227. The molecule has 0 aliphatic carbocycles. The number of fused-ring (bicyclic) bond motifs is 2. The number of anilines is 1. The Hall–Kier alpha value is -2.14. The Labute approximate surface area is 129 Å². The van der Waals surface area contributed by atoms with Crippen molar-refractivity contribution in [3.63, 3.8) is 0 Å². The second kappa shape index (κ2) is 5.57. The van der Waals surface area contributed by atoms with E-state index in [9.17, 15) is 4.79 Å². The maximum Gasteiger partial charge on any atom is 0.347 e. The number of hydrogen-bond acceptors (Lipinski definition) is 4. The van der Waals surface area contributed by atoms with Gasteiger partial charge in [-0.2, -0.15) is 4.98 Å². The summed E-state index contributed by atoms with van der Waals surface area (Å²) in [5, 5.41) is 3.39. The Morgan fingerprint density at radius 1 is 1.05 bits per heavy atom. The molecule has 2 aromatic rings. The summed E-state index contributed by atoms with van der Waals surface area (Å²) in [6.07, 6.45) is 2.80. The van der Waals surface area contributed by atoms with Crippen LogP contribution in [0.2, 0.25) is 0 Å². The number of aromatic nitrogens is 2. The van der Waals surface area contributed by atoms with Crippen LogP contribution in [-0.2, 0) is 25.8 Å². The lowest BCUT2D eigenvalue weighted by Crippen LogP contribution is -2.34. The summed E-state index contributed by atoms with van der Waals surface area (Å²) in [6.45, 7) is 3.62. The van der Waals surface area contributed by atoms with Crippen molar-refractivity contribution in [1.29, 1.82) is 0 Å². The van der Waals surface area contributed by atoms with Crippen molar-refractivity contribution < 1.29 is 0 Å². The third kappa shape index (κ3) is 2.41. The van der Waals surface area contributed by atoms with E-state index >= 15 is 0 Å². The van der Waals surface area contributed by atoms with Crippen LogP contribution >= 0.6 is 0 Å². The molecular weight excluding hydrogens is 276 g/mol.